The Morgan fingerprint density at radius 2 is 2.35 bits per heavy atom. The van der Waals surface area contributed by atoms with Crippen LogP contribution in [0.15, 0.2) is 4.52 Å². The highest BCUT2D eigenvalue weighted by atomic mass is 16.5. The number of amides is 1. The number of aromatic nitrogens is 5. The second-order valence-electron chi connectivity index (χ2n) is 3.42. The molecule has 90 valence electrons. The van der Waals surface area contributed by atoms with E-state index in [1.54, 1.807) is 6.92 Å². The van der Waals surface area contributed by atoms with Gasteiger partial charge in [0.15, 0.2) is 5.82 Å². The van der Waals surface area contributed by atoms with E-state index in [4.69, 9.17) is 4.52 Å². The van der Waals surface area contributed by atoms with E-state index in [9.17, 15) is 4.79 Å². The Hall–Kier alpha value is -2.25. The maximum Gasteiger partial charge on any atom is 0.257 e. The first-order valence-electron chi connectivity index (χ1n) is 5.18. The Morgan fingerprint density at radius 3 is 3.00 bits per heavy atom. The van der Waals surface area contributed by atoms with Crippen molar-refractivity contribution in [2.45, 2.75) is 26.8 Å². The molecule has 0 saturated heterocycles. The zero-order chi connectivity index (χ0) is 12.3. The average Bonchev–Trinajstić information content (AvgIpc) is 2.94. The van der Waals surface area contributed by atoms with Gasteiger partial charge >= 0.3 is 0 Å². The van der Waals surface area contributed by atoms with Crippen LogP contribution in [0.25, 0.3) is 0 Å². The molecule has 2 N–H and O–H groups in total. The van der Waals surface area contributed by atoms with E-state index in [0.717, 1.165) is 0 Å². The van der Waals surface area contributed by atoms with Crippen molar-refractivity contribution in [2.75, 3.05) is 0 Å². The zero-order valence-electron chi connectivity index (χ0n) is 9.52. The number of carbonyl (C=O) groups excluding carboxylic acids is 1. The molecule has 0 atom stereocenters. The van der Waals surface area contributed by atoms with E-state index in [2.05, 4.69) is 31.1 Å². The molecule has 0 spiro atoms. The molecule has 17 heavy (non-hydrogen) atoms. The molecule has 0 saturated carbocycles. The van der Waals surface area contributed by atoms with Gasteiger partial charge in [-0.15, -0.1) is 10.2 Å². The minimum Gasteiger partial charge on any atom is -0.361 e. The number of nitrogens with zero attached hydrogens (tertiary/aromatic N) is 4. The number of hydrogen-bond donors (Lipinski definition) is 2. The molecule has 1 amide bonds. The first kappa shape index (κ1) is 11.2. The Morgan fingerprint density at radius 1 is 1.53 bits per heavy atom. The van der Waals surface area contributed by atoms with Crippen LogP contribution in [0.2, 0.25) is 0 Å². The van der Waals surface area contributed by atoms with Crippen LogP contribution in [0.4, 0.5) is 0 Å². The molecule has 2 heterocycles. The topological polar surface area (TPSA) is 110 Å². The lowest BCUT2D eigenvalue weighted by Gasteiger charge is -2.01. The van der Waals surface area contributed by atoms with Crippen molar-refractivity contribution in [3.63, 3.8) is 0 Å². The molecular weight excluding hydrogens is 224 g/mol. The maximum atomic E-state index is 11.9. The fourth-order valence-corrected chi connectivity index (χ4v) is 1.46. The highest BCUT2D eigenvalue weighted by Crippen LogP contribution is 2.13. The molecule has 2 rings (SSSR count). The van der Waals surface area contributed by atoms with Crippen molar-refractivity contribution in [1.82, 2.24) is 31.1 Å². The van der Waals surface area contributed by atoms with Gasteiger partial charge in [-0.25, -0.2) is 0 Å². The molecule has 0 aliphatic carbocycles. The summed E-state index contributed by atoms with van der Waals surface area (Å²) < 4.78 is 4.98. The smallest absolute Gasteiger partial charge is 0.257 e. The molecule has 0 fully saturated rings. The van der Waals surface area contributed by atoms with Gasteiger partial charge in [0.1, 0.15) is 11.3 Å². The average molecular weight is 236 g/mol. The molecule has 8 heteroatoms. The van der Waals surface area contributed by atoms with Gasteiger partial charge < -0.3 is 9.84 Å². The van der Waals surface area contributed by atoms with E-state index in [1.165, 1.54) is 0 Å². The second kappa shape index (κ2) is 4.73. The van der Waals surface area contributed by atoms with Crippen molar-refractivity contribution in [1.29, 1.82) is 0 Å². The summed E-state index contributed by atoms with van der Waals surface area (Å²) in [5.74, 6) is 0.684. The highest BCUT2D eigenvalue weighted by molar-refractivity contribution is 5.96. The van der Waals surface area contributed by atoms with Gasteiger partial charge in [-0.3, -0.25) is 4.79 Å². The lowest BCUT2D eigenvalue weighted by Crippen LogP contribution is -2.24. The van der Waals surface area contributed by atoms with Crippen molar-refractivity contribution in [3.05, 3.63) is 22.8 Å². The number of rotatable bonds is 4. The Balaban J connectivity index is 2.06. The quantitative estimate of drug-likeness (QED) is 0.772. The molecule has 2 aromatic rings. The van der Waals surface area contributed by atoms with Crippen LogP contribution >= 0.6 is 0 Å². The summed E-state index contributed by atoms with van der Waals surface area (Å²) in [4.78, 5) is 11.9. The highest BCUT2D eigenvalue weighted by Gasteiger charge is 2.18. The summed E-state index contributed by atoms with van der Waals surface area (Å²) in [6.45, 7) is 3.83. The fraction of sp³-hybridized carbons (Fsp3) is 0.444. The molecular formula is C9H12N6O2. The van der Waals surface area contributed by atoms with Crippen LogP contribution < -0.4 is 5.32 Å². The number of carbonyl (C=O) groups is 1. The lowest BCUT2D eigenvalue weighted by molar-refractivity contribution is 0.0947. The van der Waals surface area contributed by atoms with Crippen LogP contribution in [-0.4, -0.2) is 31.7 Å². The number of aromatic amines is 1. The molecule has 0 bridgehead atoms. The molecule has 0 unspecified atom stereocenters. The van der Waals surface area contributed by atoms with E-state index < -0.39 is 0 Å². The van der Waals surface area contributed by atoms with Gasteiger partial charge in [0.2, 0.25) is 0 Å². The summed E-state index contributed by atoms with van der Waals surface area (Å²) in [7, 11) is 0. The van der Waals surface area contributed by atoms with E-state index in [0.29, 0.717) is 29.3 Å². The Bertz CT molecular complexity index is 504. The maximum absolute atomic E-state index is 11.9. The van der Waals surface area contributed by atoms with Crippen LogP contribution in [-0.2, 0) is 13.0 Å². The molecule has 8 nitrogen and oxygen atoms in total. The number of tetrazole rings is 1. The van der Waals surface area contributed by atoms with Crippen LogP contribution in [0.1, 0.15) is 34.6 Å². The second-order valence-corrected chi connectivity index (χ2v) is 3.42. The van der Waals surface area contributed by atoms with Gasteiger partial charge in [0, 0.05) is 0 Å². The van der Waals surface area contributed by atoms with Crippen LogP contribution in [0, 0.1) is 6.92 Å². The van der Waals surface area contributed by atoms with Crippen molar-refractivity contribution >= 4 is 5.91 Å². The summed E-state index contributed by atoms with van der Waals surface area (Å²) in [6.07, 6.45) is 0.641. The summed E-state index contributed by atoms with van der Waals surface area (Å²) in [5.41, 5.74) is 1.13. The zero-order valence-corrected chi connectivity index (χ0v) is 9.52. The third-order valence-corrected chi connectivity index (χ3v) is 2.29. The van der Waals surface area contributed by atoms with Gasteiger partial charge in [-0.2, -0.15) is 5.21 Å². The monoisotopic (exact) mass is 236 g/mol. The fourth-order valence-electron chi connectivity index (χ4n) is 1.46. The summed E-state index contributed by atoms with van der Waals surface area (Å²) in [6, 6.07) is 0. The summed E-state index contributed by atoms with van der Waals surface area (Å²) >= 11 is 0. The van der Waals surface area contributed by atoms with Gasteiger partial charge in [0.05, 0.1) is 12.2 Å². The number of hydrogen-bond acceptors (Lipinski definition) is 6. The Labute approximate surface area is 96.8 Å². The molecule has 0 radical (unpaired) electrons. The van der Waals surface area contributed by atoms with Gasteiger partial charge in [-0.05, 0) is 13.3 Å². The standard InChI is InChI=1S/C9H12N6O2/c1-3-6-8(5(2)17-13-6)9(16)10-4-7-11-14-15-12-7/h3-4H2,1-2H3,(H,10,16)(H,11,12,14,15). The van der Waals surface area contributed by atoms with Crippen molar-refractivity contribution < 1.29 is 9.32 Å². The molecule has 0 aliphatic rings. The van der Waals surface area contributed by atoms with Gasteiger partial charge in [0.25, 0.3) is 5.91 Å². The van der Waals surface area contributed by atoms with Crippen LogP contribution in [0.5, 0.6) is 0 Å². The van der Waals surface area contributed by atoms with E-state index >= 15 is 0 Å². The number of nitrogens with one attached hydrogen (secondary N) is 2. The Kier molecular flexibility index (Phi) is 3.12. The van der Waals surface area contributed by atoms with E-state index in [1.807, 2.05) is 6.92 Å². The minimum atomic E-state index is -0.245. The predicted molar refractivity (Wildman–Crippen MR) is 56.0 cm³/mol. The van der Waals surface area contributed by atoms with Crippen molar-refractivity contribution in [3.8, 4) is 0 Å². The third-order valence-electron chi connectivity index (χ3n) is 2.29. The van der Waals surface area contributed by atoms with Crippen LogP contribution in [0.3, 0.4) is 0 Å². The molecule has 2 aromatic heterocycles. The lowest BCUT2D eigenvalue weighted by atomic mass is 10.1. The normalized spacial score (nSPS) is 10.5. The first-order valence-corrected chi connectivity index (χ1v) is 5.18. The predicted octanol–water partition coefficient (Wildman–Crippen LogP) is -0.0115. The largest absolute Gasteiger partial charge is 0.361 e. The van der Waals surface area contributed by atoms with Crippen molar-refractivity contribution in [2.24, 2.45) is 0 Å². The minimum absolute atomic E-state index is 0.211. The summed E-state index contributed by atoms with van der Waals surface area (Å²) in [5, 5.41) is 19.7. The number of H-pyrrole nitrogens is 1. The first-order chi connectivity index (χ1) is 8.22. The SMILES string of the molecule is CCc1noc(C)c1C(=O)NCc1nn[nH]n1. The third kappa shape index (κ3) is 2.30. The van der Waals surface area contributed by atoms with E-state index in [-0.39, 0.29) is 12.5 Å². The molecule has 0 aliphatic heterocycles. The molecule has 0 aromatic carbocycles. The van der Waals surface area contributed by atoms with Gasteiger partial charge in [-0.1, -0.05) is 17.3 Å². The number of aryl methyl sites for hydroxylation is 2.